The minimum Gasteiger partial charge on any atom is -0.350 e. The quantitative estimate of drug-likeness (QED) is 0.565. The monoisotopic (exact) mass is 389 g/mol. The van der Waals surface area contributed by atoms with Crippen LogP contribution in [0.25, 0.3) is 10.9 Å². The molecule has 1 aromatic carbocycles. The summed E-state index contributed by atoms with van der Waals surface area (Å²) in [5, 5.41) is 5.76. The van der Waals surface area contributed by atoms with Crippen molar-refractivity contribution >= 4 is 10.9 Å². The average molecular weight is 390 g/mol. The van der Waals surface area contributed by atoms with Crippen LogP contribution in [0.1, 0.15) is 68.6 Å². The van der Waals surface area contributed by atoms with Gasteiger partial charge in [-0.05, 0) is 79.7 Å². The van der Waals surface area contributed by atoms with E-state index in [4.69, 9.17) is 9.51 Å². The molecule has 0 radical (unpaired) electrons. The molecule has 4 nitrogen and oxygen atoms in total. The molecule has 4 saturated carbocycles. The van der Waals surface area contributed by atoms with Gasteiger partial charge in [-0.15, -0.1) is 0 Å². The predicted molar refractivity (Wildman–Crippen MR) is 114 cm³/mol. The molecule has 29 heavy (non-hydrogen) atoms. The molecule has 152 valence electrons. The van der Waals surface area contributed by atoms with E-state index in [9.17, 15) is 0 Å². The summed E-state index contributed by atoms with van der Waals surface area (Å²) in [6, 6.07) is 8.61. The lowest BCUT2D eigenvalue weighted by molar-refractivity contribution is -0.0533. The lowest BCUT2D eigenvalue weighted by atomic mass is 9.49. The molecule has 0 spiro atoms. The van der Waals surface area contributed by atoms with Crippen LogP contribution in [0, 0.1) is 23.2 Å². The van der Waals surface area contributed by atoms with E-state index >= 15 is 0 Å². The first-order valence-corrected chi connectivity index (χ1v) is 11.4. The molecule has 0 unspecified atom stereocenters. The van der Waals surface area contributed by atoms with Gasteiger partial charge in [-0.1, -0.05) is 30.3 Å². The van der Waals surface area contributed by atoms with E-state index in [0.29, 0.717) is 5.41 Å². The predicted octanol–water partition coefficient (Wildman–Crippen LogP) is 5.67. The second-order valence-corrected chi connectivity index (χ2v) is 10.5. The Balaban J connectivity index is 1.19. The van der Waals surface area contributed by atoms with E-state index in [1.165, 1.54) is 55.0 Å². The molecule has 0 saturated heterocycles. The Morgan fingerprint density at radius 2 is 1.79 bits per heavy atom. The molecule has 1 atom stereocenters. The van der Waals surface area contributed by atoms with E-state index in [2.05, 4.69) is 54.2 Å². The molecule has 7 rings (SSSR count). The van der Waals surface area contributed by atoms with Crippen LogP contribution in [0.4, 0.5) is 0 Å². The van der Waals surface area contributed by atoms with Crippen molar-refractivity contribution in [3.8, 4) is 0 Å². The highest BCUT2D eigenvalue weighted by molar-refractivity contribution is 5.83. The summed E-state index contributed by atoms with van der Waals surface area (Å²) in [6.45, 7) is 2.21. The van der Waals surface area contributed by atoms with E-state index < -0.39 is 0 Å². The Hall–Kier alpha value is -2.10. The minimum atomic E-state index is 0.235. The number of fused-ring (bicyclic) bond motifs is 1. The van der Waals surface area contributed by atoms with E-state index in [1.807, 2.05) is 0 Å². The average Bonchev–Trinajstić information content (AvgIpc) is 3.26. The topological polar surface area (TPSA) is 43.9 Å². The van der Waals surface area contributed by atoms with Crippen LogP contribution in [0.3, 0.4) is 0 Å². The Morgan fingerprint density at radius 3 is 2.52 bits per heavy atom. The SMILES string of the molecule is C[C@@H](Cc1cn(C)c2ccccc12)c1nc(CC23CC4CC(CC(C4)C2)C3)no1. The van der Waals surface area contributed by atoms with E-state index in [1.54, 1.807) is 0 Å². The Bertz CT molecular complexity index is 1010. The molecule has 4 aliphatic rings. The molecule has 4 fully saturated rings. The van der Waals surface area contributed by atoms with Crippen molar-refractivity contribution in [3.63, 3.8) is 0 Å². The standard InChI is InChI=1S/C25H31N3O/c1-16(7-20-15-28(2)22-6-4-3-5-21(20)22)24-26-23(27-29-24)14-25-11-17-8-18(12-25)10-19(9-17)13-25/h3-6,15-19H,7-14H2,1-2H3/t16-,17?,18?,19?,25?/m0/s1. The number of nitrogens with zero attached hydrogens (tertiary/aromatic N) is 3. The summed E-state index contributed by atoms with van der Waals surface area (Å²) in [7, 11) is 2.12. The van der Waals surface area contributed by atoms with Crippen molar-refractivity contribution in [2.75, 3.05) is 0 Å². The zero-order valence-electron chi connectivity index (χ0n) is 17.6. The van der Waals surface area contributed by atoms with Gasteiger partial charge in [0.15, 0.2) is 5.82 Å². The molecule has 2 heterocycles. The maximum absolute atomic E-state index is 5.76. The molecular weight excluding hydrogens is 358 g/mol. The van der Waals surface area contributed by atoms with E-state index in [-0.39, 0.29) is 5.92 Å². The Morgan fingerprint density at radius 1 is 1.10 bits per heavy atom. The minimum absolute atomic E-state index is 0.235. The van der Waals surface area contributed by atoms with Crippen LogP contribution in [0.15, 0.2) is 35.0 Å². The number of para-hydroxylation sites is 1. The smallest absolute Gasteiger partial charge is 0.229 e. The van der Waals surface area contributed by atoms with Crippen molar-refractivity contribution < 1.29 is 4.52 Å². The lowest BCUT2D eigenvalue weighted by Gasteiger charge is -2.56. The van der Waals surface area contributed by atoms with Crippen LogP contribution in [0.2, 0.25) is 0 Å². The van der Waals surface area contributed by atoms with Crippen molar-refractivity contribution in [1.82, 2.24) is 14.7 Å². The van der Waals surface area contributed by atoms with Crippen molar-refractivity contribution in [3.05, 3.63) is 47.7 Å². The fourth-order valence-corrected chi connectivity index (χ4v) is 7.39. The van der Waals surface area contributed by atoms with Gasteiger partial charge in [0.2, 0.25) is 5.89 Å². The van der Waals surface area contributed by atoms with Crippen molar-refractivity contribution in [2.45, 2.75) is 64.2 Å². The zero-order chi connectivity index (χ0) is 19.6. The summed E-state index contributed by atoms with van der Waals surface area (Å²) in [6.07, 6.45) is 12.9. The highest BCUT2D eigenvalue weighted by Crippen LogP contribution is 2.60. The van der Waals surface area contributed by atoms with Gasteiger partial charge in [-0.2, -0.15) is 4.98 Å². The van der Waals surface area contributed by atoms with Crippen LogP contribution < -0.4 is 0 Å². The summed E-state index contributed by atoms with van der Waals surface area (Å²) in [4.78, 5) is 4.88. The van der Waals surface area contributed by atoms with Gasteiger partial charge in [-0.3, -0.25) is 0 Å². The first kappa shape index (κ1) is 17.7. The van der Waals surface area contributed by atoms with Crippen LogP contribution in [-0.4, -0.2) is 14.7 Å². The van der Waals surface area contributed by atoms with Crippen LogP contribution >= 0.6 is 0 Å². The largest absolute Gasteiger partial charge is 0.350 e. The highest BCUT2D eigenvalue weighted by atomic mass is 16.5. The normalized spacial score (nSPS) is 31.6. The lowest BCUT2D eigenvalue weighted by Crippen LogP contribution is -2.47. The molecular formula is C25H31N3O. The second-order valence-electron chi connectivity index (χ2n) is 10.5. The van der Waals surface area contributed by atoms with Gasteiger partial charge in [-0.25, -0.2) is 0 Å². The van der Waals surface area contributed by atoms with E-state index in [0.717, 1.165) is 42.3 Å². The second kappa shape index (κ2) is 6.45. The summed E-state index contributed by atoms with van der Waals surface area (Å²) in [5.41, 5.74) is 3.11. The highest BCUT2D eigenvalue weighted by Gasteiger charge is 2.51. The summed E-state index contributed by atoms with van der Waals surface area (Å²) >= 11 is 0. The zero-order valence-corrected chi connectivity index (χ0v) is 17.6. The third kappa shape index (κ3) is 3.03. The van der Waals surface area contributed by atoms with Gasteiger partial charge < -0.3 is 9.09 Å². The van der Waals surface area contributed by atoms with Gasteiger partial charge in [0.05, 0.1) is 0 Å². The number of hydrogen-bond acceptors (Lipinski definition) is 3. The van der Waals surface area contributed by atoms with Crippen LogP contribution in [0.5, 0.6) is 0 Å². The molecule has 0 aliphatic heterocycles. The molecule has 3 aromatic rings. The summed E-state index contributed by atoms with van der Waals surface area (Å²) < 4.78 is 7.98. The maximum atomic E-state index is 5.76. The number of benzene rings is 1. The number of aromatic nitrogens is 3. The number of aryl methyl sites for hydroxylation is 1. The molecule has 0 amide bonds. The first-order valence-electron chi connectivity index (χ1n) is 11.4. The fourth-order valence-electron chi connectivity index (χ4n) is 7.39. The van der Waals surface area contributed by atoms with Crippen LogP contribution in [-0.2, 0) is 19.9 Å². The third-order valence-corrected chi connectivity index (χ3v) is 8.11. The maximum Gasteiger partial charge on any atom is 0.229 e. The molecule has 4 heteroatoms. The van der Waals surface area contributed by atoms with Gasteiger partial charge in [0, 0.05) is 36.5 Å². The Kier molecular flexibility index (Phi) is 3.94. The van der Waals surface area contributed by atoms with Crippen molar-refractivity contribution in [2.24, 2.45) is 30.2 Å². The number of hydrogen-bond donors (Lipinski definition) is 0. The molecule has 2 aromatic heterocycles. The Labute approximate surface area is 172 Å². The van der Waals surface area contributed by atoms with Crippen molar-refractivity contribution in [1.29, 1.82) is 0 Å². The fraction of sp³-hybridized carbons (Fsp3) is 0.600. The molecule has 4 aliphatic carbocycles. The number of rotatable bonds is 5. The van der Waals surface area contributed by atoms with Gasteiger partial charge in [0.25, 0.3) is 0 Å². The van der Waals surface area contributed by atoms with Gasteiger partial charge in [0.1, 0.15) is 0 Å². The van der Waals surface area contributed by atoms with Gasteiger partial charge >= 0.3 is 0 Å². The molecule has 4 bridgehead atoms. The third-order valence-electron chi connectivity index (χ3n) is 8.11. The molecule has 0 N–H and O–H groups in total. The first-order chi connectivity index (χ1) is 14.1. The summed E-state index contributed by atoms with van der Waals surface area (Å²) in [5.74, 6) is 4.90.